The fraction of sp³-hybridized carbons (Fsp3) is 0.909. The highest BCUT2D eigenvalue weighted by Gasteiger charge is 2.42. The molecule has 0 spiro atoms. The Bertz CT molecular complexity index is 409. The van der Waals surface area contributed by atoms with Crippen LogP contribution in [0.5, 0.6) is 0 Å². The number of aliphatic hydroxyl groups is 1. The average Bonchev–Trinajstić information content (AvgIpc) is 2.08. The third-order valence-corrected chi connectivity index (χ3v) is 3.45. The van der Waals surface area contributed by atoms with E-state index >= 15 is 0 Å². The minimum atomic E-state index is -3.42. The molecule has 0 saturated carbocycles. The Balaban J connectivity index is 2.68. The van der Waals surface area contributed by atoms with Crippen molar-refractivity contribution in [1.82, 2.24) is 9.62 Å². The molecule has 1 atom stereocenters. The standard InChI is InChI=1S/C11H22N2O4S/c1-8(2)5-9(12-18(4,16)17)10(14)13-6-11(3,15)7-13/h8-9,12,15H,5-7H2,1-4H3. The van der Waals surface area contributed by atoms with Gasteiger partial charge in [-0.1, -0.05) is 13.8 Å². The van der Waals surface area contributed by atoms with Gasteiger partial charge in [0.15, 0.2) is 0 Å². The fourth-order valence-corrected chi connectivity index (χ4v) is 2.80. The van der Waals surface area contributed by atoms with Gasteiger partial charge in [0.05, 0.1) is 24.9 Å². The summed E-state index contributed by atoms with van der Waals surface area (Å²) in [4.78, 5) is 13.6. The maximum absolute atomic E-state index is 12.1. The molecule has 0 aliphatic carbocycles. The Kier molecular flexibility index (Phi) is 4.40. The predicted octanol–water partition coefficient (Wildman–Crippen LogP) is -0.456. The smallest absolute Gasteiger partial charge is 0.240 e. The third-order valence-electron chi connectivity index (χ3n) is 2.74. The van der Waals surface area contributed by atoms with Gasteiger partial charge in [0.1, 0.15) is 6.04 Å². The lowest BCUT2D eigenvalue weighted by atomic mass is 9.94. The van der Waals surface area contributed by atoms with Crippen LogP contribution >= 0.6 is 0 Å². The molecule has 0 aromatic rings. The second-order valence-electron chi connectivity index (χ2n) is 5.76. The minimum Gasteiger partial charge on any atom is -0.386 e. The van der Waals surface area contributed by atoms with Crippen molar-refractivity contribution in [3.8, 4) is 0 Å². The highest BCUT2D eigenvalue weighted by molar-refractivity contribution is 7.88. The van der Waals surface area contributed by atoms with E-state index in [1.807, 2.05) is 13.8 Å². The maximum atomic E-state index is 12.1. The van der Waals surface area contributed by atoms with Gasteiger partial charge < -0.3 is 10.0 Å². The van der Waals surface area contributed by atoms with Gasteiger partial charge in [-0.3, -0.25) is 4.79 Å². The first kappa shape index (κ1) is 15.4. The molecule has 1 rings (SSSR count). The zero-order valence-electron chi connectivity index (χ0n) is 11.3. The summed E-state index contributed by atoms with van der Waals surface area (Å²) in [6, 6.07) is -0.740. The molecule has 0 aromatic carbocycles. The molecule has 1 saturated heterocycles. The summed E-state index contributed by atoms with van der Waals surface area (Å²) >= 11 is 0. The van der Waals surface area contributed by atoms with E-state index in [9.17, 15) is 18.3 Å². The molecule has 1 unspecified atom stereocenters. The quantitative estimate of drug-likeness (QED) is 0.713. The number of hydrogen-bond acceptors (Lipinski definition) is 4. The number of hydrogen-bond donors (Lipinski definition) is 2. The number of amides is 1. The number of rotatable bonds is 5. The van der Waals surface area contributed by atoms with Crippen LogP contribution in [0.25, 0.3) is 0 Å². The Morgan fingerprint density at radius 2 is 1.94 bits per heavy atom. The summed E-state index contributed by atoms with van der Waals surface area (Å²) in [7, 11) is -3.42. The summed E-state index contributed by atoms with van der Waals surface area (Å²) < 4.78 is 24.9. The Hall–Kier alpha value is -0.660. The molecule has 0 aromatic heterocycles. The van der Waals surface area contributed by atoms with Gasteiger partial charge in [-0.05, 0) is 19.3 Å². The van der Waals surface area contributed by atoms with Crippen molar-refractivity contribution in [3.05, 3.63) is 0 Å². The Morgan fingerprint density at radius 1 is 1.44 bits per heavy atom. The number of carbonyl (C=O) groups excluding carboxylic acids is 1. The molecule has 2 N–H and O–H groups in total. The van der Waals surface area contributed by atoms with Gasteiger partial charge in [0.25, 0.3) is 0 Å². The molecule has 0 bridgehead atoms. The molecule has 1 amide bonds. The minimum absolute atomic E-state index is 0.204. The largest absolute Gasteiger partial charge is 0.386 e. The zero-order chi connectivity index (χ0) is 14.1. The van der Waals surface area contributed by atoms with Gasteiger partial charge in [-0.2, -0.15) is 0 Å². The molecule has 106 valence electrons. The first-order chi connectivity index (χ1) is 8.00. The number of sulfonamides is 1. The van der Waals surface area contributed by atoms with Gasteiger partial charge in [-0.15, -0.1) is 0 Å². The van der Waals surface area contributed by atoms with E-state index < -0.39 is 21.7 Å². The second kappa shape index (κ2) is 5.14. The summed E-state index contributed by atoms with van der Waals surface area (Å²) in [5.74, 6) is -0.0596. The summed E-state index contributed by atoms with van der Waals surface area (Å²) in [6.07, 6.45) is 1.49. The molecule has 0 radical (unpaired) electrons. The Labute approximate surface area is 108 Å². The Morgan fingerprint density at radius 3 is 2.28 bits per heavy atom. The van der Waals surface area contributed by atoms with Gasteiger partial charge in [-0.25, -0.2) is 13.1 Å². The van der Waals surface area contributed by atoms with Gasteiger partial charge in [0, 0.05) is 0 Å². The summed E-state index contributed by atoms with van der Waals surface area (Å²) in [6.45, 7) is 6.02. The number of nitrogens with zero attached hydrogens (tertiary/aromatic N) is 1. The fourth-order valence-electron chi connectivity index (χ4n) is 2.08. The van der Waals surface area contributed by atoms with Crippen LogP contribution in [0.2, 0.25) is 0 Å². The highest BCUT2D eigenvalue weighted by atomic mass is 32.2. The predicted molar refractivity (Wildman–Crippen MR) is 68.4 cm³/mol. The van der Waals surface area contributed by atoms with Gasteiger partial charge in [0.2, 0.25) is 15.9 Å². The molecule has 1 aliphatic heterocycles. The van der Waals surface area contributed by atoms with Crippen molar-refractivity contribution in [2.24, 2.45) is 5.92 Å². The lowest BCUT2D eigenvalue weighted by Gasteiger charge is -2.45. The molecule has 18 heavy (non-hydrogen) atoms. The van der Waals surface area contributed by atoms with E-state index in [1.165, 1.54) is 4.90 Å². The lowest BCUT2D eigenvalue weighted by Crippen LogP contribution is -2.65. The van der Waals surface area contributed by atoms with Crippen LogP contribution in [-0.4, -0.2) is 55.3 Å². The van der Waals surface area contributed by atoms with E-state index in [2.05, 4.69) is 4.72 Å². The first-order valence-corrected chi connectivity index (χ1v) is 7.88. The normalized spacial score (nSPS) is 20.7. The lowest BCUT2D eigenvalue weighted by molar-refractivity contribution is -0.154. The number of β-amino-alcohol motifs (C(OH)–C–C–N with tert-alkyl or cyclic N) is 1. The summed E-state index contributed by atoms with van der Waals surface area (Å²) in [5.41, 5.74) is -0.844. The van der Waals surface area contributed by atoms with E-state index in [0.29, 0.717) is 6.42 Å². The topological polar surface area (TPSA) is 86.7 Å². The van der Waals surface area contributed by atoms with Gasteiger partial charge >= 0.3 is 0 Å². The number of carbonyl (C=O) groups is 1. The van der Waals surface area contributed by atoms with Crippen molar-refractivity contribution in [2.45, 2.75) is 38.8 Å². The average molecular weight is 278 g/mol. The SMILES string of the molecule is CC(C)CC(NS(C)(=O)=O)C(=O)N1CC(C)(O)C1. The molecule has 6 nitrogen and oxygen atoms in total. The van der Waals surface area contributed by atoms with E-state index in [-0.39, 0.29) is 24.9 Å². The monoisotopic (exact) mass is 278 g/mol. The molecule has 7 heteroatoms. The van der Waals surface area contributed by atoms with Crippen molar-refractivity contribution >= 4 is 15.9 Å². The van der Waals surface area contributed by atoms with E-state index in [1.54, 1.807) is 6.92 Å². The van der Waals surface area contributed by atoms with Crippen molar-refractivity contribution in [3.63, 3.8) is 0 Å². The van der Waals surface area contributed by atoms with Crippen LogP contribution < -0.4 is 4.72 Å². The van der Waals surface area contributed by atoms with Crippen LogP contribution in [0.4, 0.5) is 0 Å². The number of nitrogens with one attached hydrogen (secondary N) is 1. The van der Waals surface area contributed by atoms with Crippen molar-refractivity contribution < 1.29 is 18.3 Å². The second-order valence-corrected chi connectivity index (χ2v) is 7.54. The molecular weight excluding hydrogens is 256 g/mol. The van der Waals surface area contributed by atoms with Crippen LogP contribution in [-0.2, 0) is 14.8 Å². The molecule has 1 heterocycles. The van der Waals surface area contributed by atoms with Crippen molar-refractivity contribution in [1.29, 1.82) is 0 Å². The molecule has 1 fully saturated rings. The van der Waals surface area contributed by atoms with Crippen LogP contribution in [0.15, 0.2) is 0 Å². The van der Waals surface area contributed by atoms with Crippen LogP contribution in [0, 0.1) is 5.92 Å². The zero-order valence-corrected chi connectivity index (χ0v) is 12.1. The third kappa shape index (κ3) is 4.55. The maximum Gasteiger partial charge on any atom is 0.240 e. The summed E-state index contributed by atoms with van der Waals surface area (Å²) in [5, 5.41) is 9.60. The number of likely N-dealkylation sites (tertiary alicyclic amines) is 1. The van der Waals surface area contributed by atoms with Crippen LogP contribution in [0.1, 0.15) is 27.2 Å². The molecule has 1 aliphatic rings. The highest BCUT2D eigenvalue weighted by Crippen LogP contribution is 2.22. The first-order valence-electron chi connectivity index (χ1n) is 5.99. The van der Waals surface area contributed by atoms with Crippen LogP contribution in [0.3, 0.4) is 0 Å². The van der Waals surface area contributed by atoms with Crippen molar-refractivity contribution in [2.75, 3.05) is 19.3 Å². The molecular formula is C11H22N2O4S. The van der Waals surface area contributed by atoms with E-state index in [4.69, 9.17) is 0 Å². The van der Waals surface area contributed by atoms with E-state index in [0.717, 1.165) is 6.26 Å².